The smallest absolute Gasteiger partial charge is 0.478 e. The van der Waals surface area contributed by atoms with Gasteiger partial charge in [-0.15, -0.1) is 0 Å². The number of halogens is 2. The molecule has 0 heterocycles. The number of carbonyl (C=O) groups excluding carboxylic acids is 2. The number of fused-ring (bicyclic) bond motifs is 5. The van der Waals surface area contributed by atoms with Gasteiger partial charge in [-0.1, -0.05) is 40.7 Å². The zero-order valence-corrected chi connectivity index (χ0v) is 22.3. The third-order valence-electron chi connectivity index (χ3n) is 10.1. The molecule has 0 spiro atoms. The summed E-state index contributed by atoms with van der Waals surface area (Å²) in [5.41, 5.74) is -7.43. The van der Waals surface area contributed by atoms with Gasteiger partial charge in [-0.2, -0.15) is 0 Å². The Morgan fingerprint density at radius 3 is 2.43 bits per heavy atom. The van der Waals surface area contributed by atoms with Gasteiger partial charge in [-0.25, -0.2) is 18.4 Å². The number of hydrogen-bond acceptors (Lipinski definition) is 6. The molecule has 0 aromatic heterocycles. The van der Waals surface area contributed by atoms with Crippen molar-refractivity contribution in [2.45, 2.75) is 96.9 Å². The first kappa shape index (κ1) is 27.7. The van der Waals surface area contributed by atoms with E-state index < -0.39 is 76.1 Å². The fourth-order valence-electron chi connectivity index (χ4n) is 8.21. The van der Waals surface area contributed by atoms with Crippen molar-refractivity contribution < 1.29 is 42.9 Å². The first-order chi connectivity index (χ1) is 17.1. The number of carbonyl (C=O) groups is 3. The molecule has 2 unspecified atom stereocenters. The molecule has 4 aliphatic carbocycles. The molecule has 9 heteroatoms. The quantitative estimate of drug-likeness (QED) is 0.489. The molecule has 7 nitrogen and oxygen atoms in total. The van der Waals surface area contributed by atoms with E-state index in [1.807, 2.05) is 20.8 Å². The van der Waals surface area contributed by atoms with Crippen LogP contribution in [0.2, 0.25) is 0 Å². The topological polar surface area (TPSA) is 110 Å². The Kier molecular flexibility index (Phi) is 6.66. The van der Waals surface area contributed by atoms with Crippen molar-refractivity contribution in [3.63, 3.8) is 0 Å². The second kappa shape index (κ2) is 8.89. The molecule has 0 aromatic carbocycles. The van der Waals surface area contributed by atoms with E-state index in [0.717, 1.165) is 6.08 Å². The highest BCUT2D eigenvalue weighted by atomic mass is 19.1. The normalized spacial score (nSPS) is 45.4. The summed E-state index contributed by atoms with van der Waals surface area (Å²) in [6, 6.07) is 0. The predicted octanol–water partition coefficient (Wildman–Crippen LogP) is 4.96. The number of allylic oxidation sites excluding steroid dienone is 4. The Bertz CT molecular complexity index is 1060. The lowest BCUT2D eigenvalue weighted by Crippen LogP contribution is -2.71. The third-order valence-corrected chi connectivity index (χ3v) is 10.1. The van der Waals surface area contributed by atoms with Crippen molar-refractivity contribution in [1.82, 2.24) is 0 Å². The minimum absolute atomic E-state index is 0.00364. The number of hydrogen-bond donors (Lipinski definition) is 2. The van der Waals surface area contributed by atoms with E-state index in [1.54, 1.807) is 13.8 Å². The molecule has 3 fully saturated rings. The van der Waals surface area contributed by atoms with Crippen LogP contribution in [-0.2, 0) is 19.1 Å². The molecule has 206 valence electrons. The highest BCUT2D eigenvalue weighted by Crippen LogP contribution is 2.71. The second-order valence-electron chi connectivity index (χ2n) is 12.2. The molecular weight excluding hydrogens is 486 g/mol. The van der Waals surface area contributed by atoms with Crippen LogP contribution < -0.4 is 0 Å². The zero-order valence-electron chi connectivity index (χ0n) is 22.3. The van der Waals surface area contributed by atoms with E-state index in [1.165, 1.54) is 19.1 Å². The number of aliphatic hydroxyl groups excluding tert-OH is 1. The van der Waals surface area contributed by atoms with Gasteiger partial charge in [0.15, 0.2) is 11.5 Å². The van der Waals surface area contributed by atoms with Crippen LogP contribution >= 0.6 is 0 Å². The first-order valence-corrected chi connectivity index (χ1v) is 13.2. The van der Waals surface area contributed by atoms with Gasteiger partial charge in [0.2, 0.25) is 5.60 Å². The maximum absolute atomic E-state index is 17.3. The van der Waals surface area contributed by atoms with Gasteiger partial charge in [0.1, 0.15) is 12.3 Å². The molecule has 0 amide bonds. The molecule has 2 N–H and O–H groups in total. The van der Waals surface area contributed by atoms with Gasteiger partial charge >= 0.3 is 12.1 Å². The van der Waals surface area contributed by atoms with E-state index in [4.69, 9.17) is 9.47 Å². The van der Waals surface area contributed by atoms with Crippen LogP contribution in [0.5, 0.6) is 0 Å². The molecule has 0 radical (unpaired) electrons. The standard InChI is InChI=1S/C28H38F2O7/c1-7-21(14(2)3)36-24(35)37-28(23(33)34)15(4)10-17-18-12-20(29)19-11-16(31)8-9-25(19,5)27(18,30)22(32)13-26(17,28)6/h8-9,11,14-15,17-18,20-22,32H,7,10,12-13H2,1-6H3,(H,33,34)/t15-,17+,18+,20+,21?,22+,25+,26+,27+,28?/m1/s1. The van der Waals surface area contributed by atoms with Gasteiger partial charge in [-0.05, 0) is 62.2 Å². The average molecular weight is 525 g/mol. The Hall–Kier alpha value is -2.29. The third kappa shape index (κ3) is 3.55. The summed E-state index contributed by atoms with van der Waals surface area (Å²) in [4.78, 5) is 37.8. The first-order valence-electron chi connectivity index (χ1n) is 13.2. The number of aliphatic hydroxyl groups is 1. The Balaban J connectivity index is 1.77. The summed E-state index contributed by atoms with van der Waals surface area (Å²) in [6.45, 7) is 10.3. The monoisotopic (exact) mass is 524 g/mol. The van der Waals surface area contributed by atoms with E-state index >= 15 is 8.78 Å². The van der Waals surface area contributed by atoms with Crippen molar-refractivity contribution in [2.24, 2.45) is 34.5 Å². The van der Waals surface area contributed by atoms with Crippen molar-refractivity contribution in [3.05, 3.63) is 23.8 Å². The van der Waals surface area contributed by atoms with Gasteiger partial charge in [0.05, 0.1) is 6.10 Å². The number of carboxylic acid groups (broad SMARTS) is 1. The Labute approximate surface area is 216 Å². The molecule has 37 heavy (non-hydrogen) atoms. The van der Waals surface area contributed by atoms with E-state index in [9.17, 15) is 24.6 Å². The largest absolute Gasteiger partial charge is 0.509 e. The lowest BCUT2D eigenvalue weighted by Gasteiger charge is -2.62. The van der Waals surface area contributed by atoms with Gasteiger partial charge < -0.3 is 19.7 Å². The van der Waals surface area contributed by atoms with Crippen LogP contribution in [0.25, 0.3) is 0 Å². The molecule has 0 saturated heterocycles. The average Bonchev–Trinajstić information content (AvgIpc) is 3.02. The number of rotatable bonds is 5. The lowest BCUT2D eigenvalue weighted by molar-refractivity contribution is -0.232. The molecule has 4 aliphatic rings. The summed E-state index contributed by atoms with van der Waals surface area (Å²) < 4.78 is 44.0. The highest BCUT2D eigenvalue weighted by Gasteiger charge is 2.78. The van der Waals surface area contributed by atoms with Crippen LogP contribution in [-0.4, -0.2) is 57.8 Å². The zero-order chi connectivity index (χ0) is 27.7. The number of aliphatic carboxylic acids is 1. The summed E-state index contributed by atoms with van der Waals surface area (Å²) in [5.74, 6) is -4.40. The van der Waals surface area contributed by atoms with Crippen molar-refractivity contribution in [2.75, 3.05) is 0 Å². The van der Waals surface area contributed by atoms with Crippen LogP contribution in [0, 0.1) is 34.5 Å². The maximum atomic E-state index is 17.3. The molecule has 0 aliphatic heterocycles. The maximum Gasteiger partial charge on any atom is 0.509 e. The van der Waals surface area contributed by atoms with Crippen LogP contribution in [0.3, 0.4) is 0 Å². The fraction of sp³-hybridized carbons (Fsp3) is 0.750. The van der Waals surface area contributed by atoms with Crippen molar-refractivity contribution in [3.8, 4) is 0 Å². The number of ether oxygens (including phenoxy) is 2. The van der Waals surface area contributed by atoms with E-state index in [-0.39, 0.29) is 30.8 Å². The number of alkyl halides is 2. The Morgan fingerprint density at radius 2 is 1.86 bits per heavy atom. The van der Waals surface area contributed by atoms with Gasteiger partial charge in [-0.3, -0.25) is 4.79 Å². The molecule has 3 saturated carbocycles. The predicted molar refractivity (Wildman–Crippen MR) is 130 cm³/mol. The fourth-order valence-corrected chi connectivity index (χ4v) is 8.21. The van der Waals surface area contributed by atoms with Crippen molar-refractivity contribution in [1.29, 1.82) is 0 Å². The molecule has 10 atom stereocenters. The number of carboxylic acids is 1. The summed E-state index contributed by atoms with van der Waals surface area (Å²) >= 11 is 0. The summed E-state index contributed by atoms with van der Waals surface area (Å²) in [7, 11) is 0. The van der Waals surface area contributed by atoms with E-state index in [0.29, 0.717) is 6.42 Å². The highest BCUT2D eigenvalue weighted by molar-refractivity contribution is 6.01. The van der Waals surface area contributed by atoms with Crippen LogP contribution in [0.15, 0.2) is 23.8 Å². The second-order valence-corrected chi connectivity index (χ2v) is 12.2. The molecular formula is C28H38F2O7. The molecule has 0 aromatic rings. The lowest BCUT2D eigenvalue weighted by atomic mass is 9.44. The minimum Gasteiger partial charge on any atom is -0.478 e. The number of ketones is 1. The molecule has 4 rings (SSSR count). The summed E-state index contributed by atoms with van der Waals surface area (Å²) in [6.07, 6.45) is -1.27. The Morgan fingerprint density at radius 1 is 1.22 bits per heavy atom. The SMILES string of the molecule is CCC(OC(=O)OC1(C(=O)O)[C@H](C)C[C@H]2[C@@H]3C[C@H](F)C4=CC(=O)C=C[C@]4(C)[C@@]3(F)[C@@H](O)C[C@@]21C)C(C)C. The van der Waals surface area contributed by atoms with Gasteiger partial charge in [0.25, 0.3) is 0 Å². The van der Waals surface area contributed by atoms with Crippen LogP contribution in [0.4, 0.5) is 13.6 Å². The van der Waals surface area contributed by atoms with Gasteiger partial charge in [0, 0.05) is 22.7 Å². The van der Waals surface area contributed by atoms with E-state index in [2.05, 4.69) is 0 Å². The van der Waals surface area contributed by atoms with Crippen LogP contribution in [0.1, 0.15) is 67.2 Å². The minimum atomic E-state index is -2.34. The summed E-state index contributed by atoms with van der Waals surface area (Å²) in [5, 5.41) is 21.9. The molecule has 0 bridgehead atoms. The van der Waals surface area contributed by atoms with Crippen molar-refractivity contribution >= 4 is 17.9 Å².